The van der Waals surface area contributed by atoms with E-state index in [0.717, 1.165) is 22.3 Å². The minimum atomic E-state index is -4.17. The lowest BCUT2D eigenvalue weighted by Crippen LogP contribution is -2.13. The highest BCUT2D eigenvalue weighted by molar-refractivity contribution is 8.18. The fourth-order valence-electron chi connectivity index (χ4n) is 3.83. The van der Waals surface area contributed by atoms with E-state index in [4.69, 9.17) is 9.02 Å². The number of rotatable bonds is 8. The van der Waals surface area contributed by atoms with Crippen LogP contribution in [0.2, 0.25) is 0 Å². The predicted molar refractivity (Wildman–Crippen MR) is 147 cm³/mol. The Kier molecular flexibility index (Phi) is 8.70. The maximum Gasteiger partial charge on any atom is 0.359 e. The van der Waals surface area contributed by atoms with Crippen LogP contribution in [0.4, 0.5) is 0 Å². The lowest BCUT2D eigenvalue weighted by atomic mass is 9.89. The zero-order valence-electron chi connectivity index (χ0n) is 21.7. The summed E-state index contributed by atoms with van der Waals surface area (Å²) in [5, 5.41) is 14.0. The first kappa shape index (κ1) is 27.6. The van der Waals surface area contributed by atoms with Gasteiger partial charge in [0.15, 0.2) is 0 Å². The van der Waals surface area contributed by atoms with Gasteiger partial charge in [-0.25, -0.2) is 0 Å². The summed E-state index contributed by atoms with van der Waals surface area (Å²) in [5.41, 5.74) is 3.74. The Morgan fingerprint density at radius 1 is 0.944 bits per heavy atom. The SMILES string of the molecule is COc1ccc(C(C#N)=C2C=CC(=NOS(=O)(=O)c3c(C(C)C)cc(C(C)C)cc3C(C)C)S2)cc1. The third-order valence-corrected chi connectivity index (χ3v) is 8.11. The van der Waals surface area contributed by atoms with Crippen LogP contribution in [-0.2, 0) is 14.4 Å². The van der Waals surface area contributed by atoms with Gasteiger partial charge in [-0.05, 0) is 76.4 Å². The summed E-state index contributed by atoms with van der Waals surface area (Å²) in [6, 6.07) is 13.3. The zero-order valence-corrected chi connectivity index (χ0v) is 23.3. The lowest BCUT2D eigenvalue weighted by molar-refractivity contribution is 0.339. The average molecular weight is 525 g/mol. The number of benzene rings is 2. The van der Waals surface area contributed by atoms with Gasteiger partial charge in [0.05, 0.1) is 12.7 Å². The Bertz CT molecular complexity index is 1330. The molecule has 2 aromatic carbocycles. The van der Waals surface area contributed by atoms with Crippen molar-refractivity contribution in [3.63, 3.8) is 0 Å². The van der Waals surface area contributed by atoms with Crippen molar-refractivity contribution in [2.24, 2.45) is 5.16 Å². The van der Waals surface area contributed by atoms with E-state index in [2.05, 4.69) is 25.1 Å². The van der Waals surface area contributed by atoms with Crippen LogP contribution in [0.25, 0.3) is 5.57 Å². The molecule has 0 spiro atoms. The molecule has 2 aromatic rings. The Morgan fingerprint density at radius 3 is 2.00 bits per heavy atom. The molecular weight excluding hydrogens is 492 g/mol. The summed E-state index contributed by atoms with van der Waals surface area (Å²) in [6.45, 7) is 12.1. The molecule has 0 amide bonds. The number of thioether (sulfide) groups is 1. The van der Waals surface area contributed by atoms with E-state index in [9.17, 15) is 13.7 Å². The molecule has 0 bridgehead atoms. The van der Waals surface area contributed by atoms with Crippen LogP contribution in [-0.4, -0.2) is 20.6 Å². The van der Waals surface area contributed by atoms with Gasteiger partial charge in [0.2, 0.25) is 0 Å². The Labute approximate surface area is 218 Å². The standard InChI is InChI=1S/C28H32N2O4S2/c1-17(2)21-14-23(18(3)4)28(24(15-21)19(5)6)36(31,32)34-30-27-13-12-26(35-27)25(16-29)20-8-10-22(33-7)11-9-20/h8-15,17-19H,1-7H3. The molecule has 190 valence electrons. The van der Waals surface area contributed by atoms with Gasteiger partial charge in [0.1, 0.15) is 21.8 Å². The second-order valence-corrected chi connectivity index (χ2v) is 12.0. The number of ether oxygens (including phenoxy) is 1. The average Bonchev–Trinajstić information content (AvgIpc) is 3.31. The molecule has 8 heteroatoms. The van der Waals surface area contributed by atoms with Crippen LogP contribution >= 0.6 is 11.8 Å². The van der Waals surface area contributed by atoms with Crippen molar-refractivity contribution in [2.45, 2.75) is 64.2 Å². The van der Waals surface area contributed by atoms with E-state index < -0.39 is 10.1 Å². The molecule has 0 saturated heterocycles. The van der Waals surface area contributed by atoms with Crippen molar-refractivity contribution >= 4 is 32.5 Å². The third-order valence-electron chi connectivity index (χ3n) is 5.88. The van der Waals surface area contributed by atoms with E-state index in [0.29, 0.717) is 21.3 Å². The highest BCUT2D eigenvalue weighted by Gasteiger charge is 2.29. The number of hydrogen-bond donors (Lipinski definition) is 0. The summed E-state index contributed by atoms with van der Waals surface area (Å²) >= 11 is 1.19. The minimum Gasteiger partial charge on any atom is -0.497 e. The molecule has 1 heterocycles. The molecular formula is C28H32N2O4S2. The fraction of sp³-hybridized carbons (Fsp3) is 0.357. The van der Waals surface area contributed by atoms with Crippen LogP contribution in [0.3, 0.4) is 0 Å². The summed E-state index contributed by atoms with van der Waals surface area (Å²) in [6.07, 6.45) is 3.38. The molecule has 0 unspecified atom stereocenters. The second kappa shape index (κ2) is 11.4. The van der Waals surface area contributed by atoms with Crippen LogP contribution in [0.15, 0.2) is 63.5 Å². The molecule has 1 aliphatic heterocycles. The molecule has 3 rings (SSSR count). The topological polar surface area (TPSA) is 88.8 Å². The van der Waals surface area contributed by atoms with Crippen LogP contribution in [0.5, 0.6) is 5.75 Å². The smallest absolute Gasteiger partial charge is 0.359 e. The molecule has 0 radical (unpaired) electrons. The van der Waals surface area contributed by atoms with Gasteiger partial charge >= 0.3 is 10.1 Å². The second-order valence-electron chi connectivity index (χ2n) is 9.47. The van der Waals surface area contributed by atoms with Gasteiger partial charge in [0.25, 0.3) is 0 Å². The monoisotopic (exact) mass is 524 g/mol. The number of nitrogens with zero attached hydrogens (tertiary/aromatic N) is 2. The number of allylic oxidation sites excluding steroid dienone is 2. The summed E-state index contributed by atoms with van der Waals surface area (Å²) in [5.74, 6) is 0.933. The van der Waals surface area contributed by atoms with Gasteiger partial charge in [-0.1, -0.05) is 70.6 Å². The van der Waals surface area contributed by atoms with Gasteiger partial charge < -0.3 is 4.74 Å². The first-order valence-electron chi connectivity index (χ1n) is 11.8. The van der Waals surface area contributed by atoms with Crippen molar-refractivity contribution in [3.05, 3.63) is 75.7 Å². The van der Waals surface area contributed by atoms with Crippen molar-refractivity contribution in [2.75, 3.05) is 7.11 Å². The van der Waals surface area contributed by atoms with Gasteiger partial charge in [0, 0.05) is 4.91 Å². The van der Waals surface area contributed by atoms with Crippen molar-refractivity contribution in [3.8, 4) is 11.8 Å². The van der Waals surface area contributed by atoms with Crippen molar-refractivity contribution in [1.29, 1.82) is 5.26 Å². The van der Waals surface area contributed by atoms with E-state index in [-0.39, 0.29) is 22.6 Å². The maximum absolute atomic E-state index is 13.4. The van der Waals surface area contributed by atoms with Crippen LogP contribution < -0.4 is 4.74 Å². The third kappa shape index (κ3) is 6.03. The summed E-state index contributed by atoms with van der Waals surface area (Å²) in [4.78, 5) is 0.856. The molecule has 6 nitrogen and oxygen atoms in total. The number of oxime groups is 1. The van der Waals surface area contributed by atoms with Gasteiger partial charge in [-0.15, -0.1) is 0 Å². The van der Waals surface area contributed by atoms with E-state index >= 15 is 0 Å². The maximum atomic E-state index is 13.4. The highest BCUT2D eigenvalue weighted by Crippen LogP contribution is 2.37. The minimum absolute atomic E-state index is 0.0137. The summed E-state index contributed by atoms with van der Waals surface area (Å²) in [7, 11) is -2.59. The molecule has 1 aliphatic rings. The van der Waals surface area contributed by atoms with Crippen molar-refractivity contribution in [1.82, 2.24) is 0 Å². The van der Waals surface area contributed by atoms with E-state index in [1.54, 1.807) is 43.5 Å². The van der Waals surface area contributed by atoms with Gasteiger partial charge in [-0.3, -0.25) is 4.28 Å². The Morgan fingerprint density at radius 2 is 1.53 bits per heavy atom. The first-order valence-corrected chi connectivity index (χ1v) is 14.0. The normalized spacial score (nSPS) is 16.2. The largest absolute Gasteiger partial charge is 0.497 e. The molecule has 0 aliphatic carbocycles. The number of nitriles is 1. The summed E-state index contributed by atoms with van der Waals surface area (Å²) < 4.78 is 37.3. The Balaban J connectivity index is 1.95. The predicted octanol–water partition coefficient (Wildman–Crippen LogP) is 7.32. The molecule has 0 N–H and O–H groups in total. The van der Waals surface area contributed by atoms with Crippen LogP contribution in [0.1, 0.15) is 81.5 Å². The Hall–Kier alpha value is -3.02. The zero-order chi connectivity index (χ0) is 26.6. The molecule has 0 aromatic heterocycles. The molecule has 0 atom stereocenters. The van der Waals surface area contributed by atoms with E-state index in [1.165, 1.54) is 11.8 Å². The molecule has 0 saturated carbocycles. The van der Waals surface area contributed by atoms with Crippen LogP contribution in [0, 0.1) is 11.3 Å². The number of hydrogen-bond acceptors (Lipinski definition) is 7. The van der Waals surface area contributed by atoms with Crippen molar-refractivity contribution < 1.29 is 17.4 Å². The fourth-order valence-corrected chi connectivity index (χ4v) is 6.14. The highest BCUT2D eigenvalue weighted by atomic mass is 32.2. The molecule has 36 heavy (non-hydrogen) atoms. The molecule has 0 fully saturated rings. The number of methoxy groups -OCH3 is 1. The first-order chi connectivity index (χ1) is 17.0. The lowest BCUT2D eigenvalue weighted by Gasteiger charge is -2.21. The quantitative estimate of drug-likeness (QED) is 0.265. The van der Waals surface area contributed by atoms with E-state index in [1.807, 2.05) is 39.8 Å². The van der Waals surface area contributed by atoms with Gasteiger partial charge in [-0.2, -0.15) is 13.7 Å².